The molecule has 4 nitrogen and oxygen atoms in total. The van der Waals surface area contributed by atoms with Gasteiger partial charge in [0.15, 0.2) is 0 Å². The van der Waals surface area contributed by atoms with Gasteiger partial charge in [0.2, 0.25) is 0 Å². The molecule has 0 atom stereocenters. The zero-order valence-corrected chi connectivity index (χ0v) is 15.0. The summed E-state index contributed by atoms with van der Waals surface area (Å²) in [7, 11) is 0. The fourth-order valence-electron chi connectivity index (χ4n) is 2.75. The highest BCUT2D eigenvalue weighted by molar-refractivity contribution is 6.31. The van der Waals surface area contributed by atoms with Gasteiger partial charge >= 0.3 is 5.97 Å². The third-order valence-electron chi connectivity index (χ3n) is 3.90. The molecule has 1 aromatic heterocycles. The number of fused-ring (bicyclic) bond motifs is 1. The molecule has 128 valence electrons. The quantitative estimate of drug-likeness (QED) is 0.636. The molecule has 1 heterocycles. The largest absolute Gasteiger partial charge is 0.462 e. The minimum absolute atomic E-state index is 0.314. The van der Waals surface area contributed by atoms with Crippen LogP contribution in [0.15, 0.2) is 59.7 Å². The summed E-state index contributed by atoms with van der Waals surface area (Å²) in [6.45, 7) is 4.83. The summed E-state index contributed by atoms with van der Waals surface area (Å²) >= 11 is 6.18. The highest BCUT2D eigenvalue weighted by Gasteiger charge is 2.15. The number of aryl methyl sites for hydroxylation is 1. The van der Waals surface area contributed by atoms with E-state index in [2.05, 4.69) is 0 Å². The molecule has 0 aliphatic rings. The zero-order chi connectivity index (χ0) is 17.8. The Bertz CT molecular complexity index is 978. The van der Waals surface area contributed by atoms with Crippen molar-refractivity contribution in [2.24, 2.45) is 4.99 Å². The maximum atomic E-state index is 12.5. The van der Waals surface area contributed by atoms with Crippen LogP contribution in [-0.2, 0) is 11.3 Å². The van der Waals surface area contributed by atoms with Crippen molar-refractivity contribution in [3.05, 3.63) is 70.7 Å². The van der Waals surface area contributed by atoms with E-state index in [1.807, 2.05) is 60.0 Å². The van der Waals surface area contributed by atoms with Crippen molar-refractivity contribution in [1.82, 2.24) is 4.57 Å². The van der Waals surface area contributed by atoms with E-state index >= 15 is 0 Å². The molecule has 0 radical (unpaired) electrons. The first kappa shape index (κ1) is 17.2. The number of para-hydroxylation sites is 1. The van der Waals surface area contributed by atoms with Crippen molar-refractivity contribution in [2.45, 2.75) is 20.4 Å². The molecule has 3 rings (SSSR count). The summed E-state index contributed by atoms with van der Waals surface area (Å²) in [6.07, 6.45) is 1.79. The summed E-state index contributed by atoms with van der Waals surface area (Å²) < 4.78 is 7.22. The van der Waals surface area contributed by atoms with Gasteiger partial charge in [0, 0.05) is 23.2 Å². The minimum atomic E-state index is -0.378. The number of esters is 1. The Morgan fingerprint density at radius 1 is 1.16 bits per heavy atom. The second-order valence-electron chi connectivity index (χ2n) is 5.51. The van der Waals surface area contributed by atoms with Gasteiger partial charge in [-0.3, -0.25) is 0 Å². The molecule has 0 fully saturated rings. The first-order chi connectivity index (χ1) is 12.1. The standard InChI is InChI=1S/C20H19ClN2O2/c1-3-23-13-17(20(24)25-4-2)19(22-15-8-6-5-7-9-15)16-11-10-14(21)12-18(16)23/h5-13H,3-4H2,1-2H3. The first-order valence-electron chi connectivity index (χ1n) is 8.23. The van der Waals surface area contributed by atoms with Crippen LogP contribution in [0.25, 0.3) is 10.9 Å². The highest BCUT2D eigenvalue weighted by atomic mass is 35.5. The fourth-order valence-corrected chi connectivity index (χ4v) is 2.91. The third-order valence-corrected chi connectivity index (χ3v) is 4.13. The van der Waals surface area contributed by atoms with Crippen molar-refractivity contribution in [1.29, 1.82) is 0 Å². The number of carbonyl (C=O) groups excluding carboxylic acids is 1. The monoisotopic (exact) mass is 354 g/mol. The van der Waals surface area contributed by atoms with E-state index < -0.39 is 0 Å². The maximum absolute atomic E-state index is 12.5. The van der Waals surface area contributed by atoms with Crippen LogP contribution in [0, 0.1) is 0 Å². The number of benzene rings is 2. The number of carbonyl (C=O) groups is 1. The number of hydrogen-bond donors (Lipinski definition) is 0. The lowest BCUT2D eigenvalue weighted by Gasteiger charge is -2.13. The number of rotatable bonds is 4. The highest BCUT2D eigenvalue weighted by Crippen LogP contribution is 2.19. The van der Waals surface area contributed by atoms with E-state index in [-0.39, 0.29) is 5.97 Å². The van der Waals surface area contributed by atoms with E-state index in [4.69, 9.17) is 21.3 Å². The molecule has 0 bridgehead atoms. The van der Waals surface area contributed by atoms with Crippen LogP contribution in [0.5, 0.6) is 0 Å². The average Bonchev–Trinajstić information content (AvgIpc) is 2.62. The molecule has 0 spiro atoms. The van der Waals surface area contributed by atoms with Crippen molar-refractivity contribution in [3.63, 3.8) is 0 Å². The van der Waals surface area contributed by atoms with Crippen molar-refractivity contribution >= 4 is 34.2 Å². The number of pyridine rings is 1. The number of nitrogens with zero attached hydrogens (tertiary/aromatic N) is 2. The van der Waals surface area contributed by atoms with Crippen molar-refractivity contribution in [2.75, 3.05) is 6.61 Å². The van der Waals surface area contributed by atoms with Gasteiger partial charge in [0.25, 0.3) is 0 Å². The van der Waals surface area contributed by atoms with E-state index in [1.54, 1.807) is 13.1 Å². The molecule has 0 amide bonds. The second kappa shape index (κ2) is 7.53. The molecule has 25 heavy (non-hydrogen) atoms. The Morgan fingerprint density at radius 3 is 2.60 bits per heavy atom. The summed E-state index contributed by atoms with van der Waals surface area (Å²) in [5.74, 6) is -0.378. The molecule has 0 aliphatic heterocycles. The lowest BCUT2D eigenvalue weighted by atomic mass is 10.1. The fraction of sp³-hybridized carbons (Fsp3) is 0.200. The molecule has 0 N–H and O–H groups in total. The van der Waals surface area contributed by atoms with Gasteiger partial charge in [-0.05, 0) is 44.2 Å². The van der Waals surface area contributed by atoms with Crippen LogP contribution in [0.1, 0.15) is 24.2 Å². The van der Waals surface area contributed by atoms with Gasteiger partial charge in [-0.25, -0.2) is 9.79 Å². The summed E-state index contributed by atoms with van der Waals surface area (Å²) in [5.41, 5.74) is 2.15. The van der Waals surface area contributed by atoms with Gasteiger partial charge in [0.05, 0.1) is 23.2 Å². The van der Waals surface area contributed by atoms with Crippen molar-refractivity contribution in [3.8, 4) is 0 Å². The molecule has 0 unspecified atom stereocenters. The third kappa shape index (κ3) is 3.59. The van der Waals surface area contributed by atoms with Crippen LogP contribution in [0.2, 0.25) is 5.02 Å². The van der Waals surface area contributed by atoms with Gasteiger partial charge in [-0.1, -0.05) is 29.8 Å². The molecule has 0 aliphatic carbocycles. The topological polar surface area (TPSA) is 43.6 Å². The van der Waals surface area contributed by atoms with Crippen LogP contribution in [0.4, 0.5) is 5.69 Å². The van der Waals surface area contributed by atoms with Crippen LogP contribution < -0.4 is 5.36 Å². The molecule has 0 saturated heterocycles. The van der Waals surface area contributed by atoms with Gasteiger partial charge in [-0.15, -0.1) is 0 Å². The normalized spacial score (nSPS) is 11.7. The number of aromatic nitrogens is 1. The lowest BCUT2D eigenvalue weighted by Crippen LogP contribution is -2.22. The molecular formula is C20H19ClN2O2. The van der Waals surface area contributed by atoms with Gasteiger partial charge in [0.1, 0.15) is 5.56 Å². The molecule has 5 heteroatoms. The second-order valence-corrected chi connectivity index (χ2v) is 5.94. The predicted octanol–water partition coefficient (Wildman–Crippen LogP) is 4.72. The average molecular weight is 355 g/mol. The Balaban J connectivity index is 2.40. The molecular weight excluding hydrogens is 336 g/mol. The minimum Gasteiger partial charge on any atom is -0.462 e. The van der Waals surface area contributed by atoms with E-state index in [0.29, 0.717) is 29.1 Å². The SMILES string of the molecule is CCOC(=O)c1cn(CC)c2cc(Cl)ccc2c1=Nc1ccccc1. The molecule has 2 aromatic carbocycles. The zero-order valence-electron chi connectivity index (χ0n) is 14.2. The lowest BCUT2D eigenvalue weighted by molar-refractivity contribution is 0.0524. The Labute approximate surface area is 151 Å². The number of ether oxygens (including phenoxy) is 1. The van der Waals surface area contributed by atoms with Gasteiger partial charge in [-0.2, -0.15) is 0 Å². The molecule has 3 aromatic rings. The van der Waals surface area contributed by atoms with E-state index in [9.17, 15) is 4.79 Å². The number of hydrogen-bond acceptors (Lipinski definition) is 3. The smallest absolute Gasteiger partial charge is 0.341 e. The maximum Gasteiger partial charge on any atom is 0.341 e. The number of halogens is 1. The molecule has 0 saturated carbocycles. The summed E-state index contributed by atoms with van der Waals surface area (Å²) in [5, 5.41) is 2.10. The Hall–Kier alpha value is -2.59. The first-order valence-corrected chi connectivity index (χ1v) is 8.61. The van der Waals surface area contributed by atoms with Crippen LogP contribution in [0.3, 0.4) is 0 Å². The Kier molecular flexibility index (Phi) is 5.19. The Morgan fingerprint density at radius 2 is 1.92 bits per heavy atom. The summed E-state index contributed by atoms with van der Waals surface area (Å²) in [6, 6.07) is 15.2. The van der Waals surface area contributed by atoms with Crippen LogP contribution in [-0.4, -0.2) is 17.1 Å². The predicted molar refractivity (Wildman–Crippen MR) is 100 cm³/mol. The summed E-state index contributed by atoms with van der Waals surface area (Å²) in [4.78, 5) is 17.2. The van der Waals surface area contributed by atoms with Gasteiger partial charge < -0.3 is 9.30 Å². The van der Waals surface area contributed by atoms with Crippen molar-refractivity contribution < 1.29 is 9.53 Å². The van der Waals surface area contributed by atoms with E-state index in [1.165, 1.54) is 0 Å². The van der Waals surface area contributed by atoms with E-state index in [0.717, 1.165) is 16.6 Å². The van der Waals surface area contributed by atoms with Crippen LogP contribution >= 0.6 is 11.6 Å².